The van der Waals surface area contributed by atoms with Crippen LogP contribution < -0.4 is 0 Å². The molecule has 0 atom stereocenters. The van der Waals surface area contributed by atoms with Crippen LogP contribution in [0.4, 0.5) is 0 Å². The molecule has 0 saturated heterocycles. The van der Waals surface area contributed by atoms with Gasteiger partial charge in [-0.05, 0) is 249 Å². The molecule has 10 aliphatic carbocycles. The van der Waals surface area contributed by atoms with Crippen molar-refractivity contribution in [2.75, 3.05) is 0 Å². The lowest BCUT2D eigenvalue weighted by Crippen LogP contribution is -2.32. The fraction of sp³-hybridized carbons (Fsp3) is 1.00. The summed E-state index contributed by atoms with van der Waals surface area (Å²) >= 11 is 0. The average Bonchev–Trinajstić information content (AvgIpc) is 3.36. The van der Waals surface area contributed by atoms with Gasteiger partial charge in [0.2, 0.25) is 0 Å². The van der Waals surface area contributed by atoms with Gasteiger partial charge in [0.25, 0.3) is 0 Å². The van der Waals surface area contributed by atoms with Crippen LogP contribution in [-0.2, 0) is 0 Å². The van der Waals surface area contributed by atoms with Crippen LogP contribution in [0.5, 0.6) is 0 Å². The minimum Gasteiger partial charge on any atom is -0.0533 e. The molecule has 60 heavy (non-hydrogen) atoms. The first-order valence-corrected chi connectivity index (χ1v) is 29.7. The summed E-state index contributed by atoms with van der Waals surface area (Å²) < 4.78 is 0. The summed E-state index contributed by atoms with van der Waals surface area (Å²) in [6.07, 6.45) is 69.4. The quantitative estimate of drug-likeness (QED) is 0.229. The van der Waals surface area contributed by atoms with Crippen molar-refractivity contribution < 1.29 is 0 Å². The fourth-order valence-electron chi connectivity index (χ4n) is 18.9. The zero-order chi connectivity index (χ0) is 40.4. The highest BCUT2D eigenvalue weighted by Crippen LogP contribution is 2.51. The van der Waals surface area contributed by atoms with Crippen LogP contribution in [0.3, 0.4) is 0 Å². The van der Waals surface area contributed by atoms with Gasteiger partial charge >= 0.3 is 0 Å². The summed E-state index contributed by atoms with van der Waals surface area (Å²) in [6.45, 7) is 0. The number of hydrogen-bond donors (Lipinski definition) is 0. The minimum atomic E-state index is 1.11. The van der Waals surface area contributed by atoms with Crippen molar-refractivity contribution in [2.45, 2.75) is 283 Å². The van der Waals surface area contributed by atoms with Crippen molar-refractivity contribution in [3.8, 4) is 0 Å². The van der Waals surface area contributed by atoms with Crippen molar-refractivity contribution in [3.63, 3.8) is 0 Å². The lowest BCUT2D eigenvalue weighted by Gasteiger charge is -2.44. The Kier molecular flexibility index (Phi) is 17.7. The summed E-state index contributed by atoms with van der Waals surface area (Å²) in [6, 6.07) is 0. The molecule has 10 aliphatic rings. The highest BCUT2D eigenvalue weighted by Gasteiger charge is 2.39. The highest BCUT2D eigenvalue weighted by atomic mass is 14.4. The van der Waals surface area contributed by atoms with Gasteiger partial charge in [0.05, 0.1) is 0 Å². The van der Waals surface area contributed by atoms with Crippen molar-refractivity contribution in [3.05, 3.63) is 0 Å². The van der Waals surface area contributed by atoms with Crippen LogP contribution in [0.15, 0.2) is 0 Å². The predicted octanol–water partition coefficient (Wildman–Crippen LogP) is 19.1. The van der Waals surface area contributed by atoms with Gasteiger partial charge in [0, 0.05) is 0 Å². The standard InChI is InChI=1S/C36H62.C24H42/c1-3-7-27(8-4-1)29-11-15-31(16-12-29)33-19-23-35(24-20-33)36-25-21-34(22-26-36)32-17-13-30(14-18-32)28-9-5-2-6-10-28;1-3-7-19(8-4-1)21-11-15-23(16-12-21)24-17-13-22(14-18-24)20-9-5-2-6-10-20/h27-36H,1-26H2;19-24H,1-18H2. The third-order valence-electron chi connectivity index (χ3n) is 22.8. The summed E-state index contributed by atoms with van der Waals surface area (Å²) in [5, 5.41) is 0. The molecule has 0 aromatic carbocycles. The Balaban J connectivity index is 0.000000167. The molecule has 0 radical (unpaired) electrons. The number of rotatable bonds is 8. The molecule has 0 aliphatic heterocycles. The predicted molar refractivity (Wildman–Crippen MR) is 259 cm³/mol. The second kappa shape index (κ2) is 23.4. The van der Waals surface area contributed by atoms with Gasteiger partial charge in [-0.3, -0.25) is 0 Å². The maximum atomic E-state index is 1.61. The van der Waals surface area contributed by atoms with Gasteiger partial charge in [-0.1, -0.05) is 128 Å². The molecule has 0 unspecified atom stereocenters. The van der Waals surface area contributed by atoms with E-state index in [1.54, 1.807) is 205 Å². The van der Waals surface area contributed by atoms with E-state index in [0.29, 0.717) is 0 Å². The van der Waals surface area contributed by atoms with E-state index >= 15 is 0 Å². The van der Waals surface area contributed by atoms with Crippen LogP contribution >= 0.6 is 0 Å². The van der Waals surface area contributed by atoms with E-state index in [-0.39, 0.29) is 0 Å². The Labute approximate surface area is 375 Å². The Morgan fingerprint density at radius 2 is 0.167 bits per heavy atom. The van der Waals surface area contributed by atoms with Gasteiger partial charge in [-0.25, -0.2) is 0 Å². The van der Waals surface area contributed by atoms with Crippen molar-refractivity contribution in [1.82, 2.24) is 0 Å². The summed E-state index contributed by atoms with van der Waals surface area (Å²) in [5.41, 5.74) is 0. The van der Waals surface area contributed by atoms with E-state index in [0.717, 1.165) is 94.7 Å². The first kappa shape index (κ1) is 45.2. The van der Waals surface area contributed by atoms with Gasteiger partial charge in [0.15, 0.2) is 0 Å². The highest BCUT2D eigenvalue weighted by molar-refractivity contribution is 4.91. The molecule has 0 nitrogen and oxygen atoms in total. The third-order valence-corrected chi connectivity index (χ3v) is 22.8. The van der Waals surface area contributed by atoms with Gasteiger partial charge in [-0.15, -0.1) is 0 Å². The molecular weight excluding hydrogens is 721 g/mol. The molecule has 0 heterocycles. The van der Waals surface area contributed by atoms with Gasteiger partial charge < -0.3 is 0 Å². The molecule has 0 heteroatoms. The first-order chi connectivity index (χ1) is 29.7. The van der Waals surface area contributed by atoms with Gasteiger partial charge in [0.1, 0.15) is 0 Å². The Bertz CT molecular complexity index is 1040. The SMILES string of the molecule is C1CCC(C2CCC(C3CCC(C4CCC(C5CCC(C6CCCCC6)CC5)CC4)CC3)CC2)CC1.C1CCC(C2CCC(C3CCC(C4CCCCC4)CC3)CC2)CC1. The van der Waals surface area contributed by atoms with E-state index in [1.165, 1.54) is 77.0 Å². The minimum absolute atomic E-state index is 1.11. The third kappa shape index (κ3) is 12.3. The monoisotopic (exact) mass is 825 g/mol. The fourth-order valence-corrected chi connectivity index (χ4v) is 18.9. The van der Waals surface area contributed by atoms with E-state index in [2.05, 4.69) is 0 Å². The molecule has 10 rings (SSSR count). The molecular formula is C60H104. The lowest BCUT2D eigenvalue weighted by atomic mass is 9.62. The van der Waals surface area contributed by atoms with Crippen LogP contribution in [0.1, 0.15) is 283 Å². The summed E-state index contributed by atoms with van der Waals surface area (Å²) in [4.78, 5) is 0. The lowest BCUT2D eigenvalue weighted by molar-refractivity contribution is 0.0732. The Morgan fingerprint density at radius 3 is 0.267 bits per heavy atom. The van der Waals surface area contributed by atoms with E-state index in [9.17, 15) is 0 Å². The first-order valence-electron chi connectivity index (χ1n) is 29.7. The van der Waals surface area contributed by atoms with Gasteiger partial charge in [-0.2, -0.15) is 0 Å². The molecule has 0 amide bonds. The zero-order valence-electron chi connectivity index (χ0n) is 40.4. The second-order valence-electron chi connectivity index (χ2n) is 25.6. The summed E-state index contributed by atoms with van der Waals surface area (Å²) in [7, 11) is 0. The van der Waals surface area contributed by atoms with Crippen LogP contribution in [0.25, 0.3) is 0 Å². The van der Waals surface area contributed by atoms with E-state index in [4.69, 9.17) is 0 Å². The van der Waals surface area contributed by atoms with Crippen molar-refractivity contribution >= 4 is 0 Å². The maximum Gasteiger partial charge on any atom is -0.0386 e. The van der Waals surface area contributed by atoms with E-state index < -0.39 is 0 Å². The average molecular weight is 825 g/mol. The summed E-state index contributed by atoms with van der Waals surface area (Å²) in [5.74, 6) is 17.9. The van der Waals surface area contributed by atoms with E-state index in [1.807, 2.05) is 0 Å². The maximum absolute atomic E-state index is 1.61. The number of hydrogen-bond acceptors (Lipinski definition) is 0. The molecule has 344 valence electrons. The van der Waals surface area contributed by atoms with Crippen LogP contribution in [0, 0.1) is 94.7 Å². The van der Waals surface area contributed by atoms with Crippen LogP contribution in [-0.4, -0.2) is 0 Å². The molecule has 0 aromatic rings. The van der Waals surface area contributed by atoms with Crippen molar-refractivity contribution in [1.29, 1.82) is 0 Å². The normalized spacial score (nSPS) is 42.8. The Hall–Kier alpha value is 0. The largest absolute Gasteiger partial charge is 0.0533 e. The molecule has 0 bridgehead atoms. The topological polar surface area (TPSA) is 0 Å². The second-order valence-corrected chi connectivity index (χ2v) is 25.6. The molecule has 0 N–H and O–H groups in total. The van der Waals surface area contributed by atoms with Crippen LogP contribution in [0.2, 0.25) is 0 Å². The smallest absolute Gasteiger partial charge is 0.0386 e. The molecule has 0 aromatic heterocycles. The van der Waals surface area contributed by atoms with Crippen molar-refractivity contribution in [2.24, 2.45) is 94.7 Å². The molecule has 0 spiro atoms. The molecule has 10 fully saturated rings. The molecule has 10 saturated carbocycles. The Morgan fingerprint density at radius 1 is 0.0833 bits per heavy atom. The zero-order valence-corrected chi connectivity index (χ0v) is 40.4.